The van der Waals surface area contributed by atoms with E-state index >= 15 is 0 Å². The third kappa shape index (κ3) is 3.39. The lowest BCUT2D eigenvalue weighted by molar-refractivity contribution is 0.944. The lowest BCUT2D eigenvalue weighted by Gasteiger charge is -2.12. The molecular weight excluding hydrogens is 358 g/mol. The van der Waals surface area contributed by atoms with Crippen molar-refractivity contribution < 1.29 is 0 Å². The van der Waals surface area contributed by atoms with E-state index in [1.165, 1.54) is 4.57 Å². The van der Waals surface area contributed by atoms with Gasteiger partial charge in [0.15, 0.2) is 0 Å². The summed E-state index contributed by atoms with van der Waals surface area (Å²) in [5.41, 5.74) is 2.79. The van der Waals surface area contributed by atoms with Crippen LogP contribution in [0.25, 0.3) is 28.7 Å². The largest absolute Gasteiger partial charge is 0.268 e. The summed E-state index contributed by atoms with van der Waals surface area (Å²) in [6.45, 7) is 1.94. The van der Waals surface area contributed by atoms with Crippen molar-refractivity contribution in [3.63, 3.8) is 0 Å². The summed E-state index contributed by atoms with van der Waals surface area (Å²) in [6.07, 6.45) is 3.63. The van der Waals surface area contributed by atoms with Gasteiger partial charge in [0.05, 0.1) is 27.3 Å². The summed E-state index contributed by atoms with van der Waals surface area (Å²) in [6, 6.07) is 20.3. The standard InChI is InChI=1S/C22H16ClN3O/c1-15-7-6-8-16(24-15)13-14-21-25-19-11-4-2-9-17(19)22(27)26(21)20-12-5-3-10-18(20)23/h2-14H,1H3/b14-13+. The van der Waals surface area contributed by atoms with Crippen LogP contribution in [0, 0.1) is 6.92 Å². The van der Waals surface area contributed by atoms with E-state index in [1.54, 1.807) is 18.2 Å². The van der Waals surface area contributed by atoms with Gasteiger partial charge >= 0.3 is 0 Å². The Morgan fingerprint density at radius 2 is 1.67 bits per heavy atom. The van der Waals surface area contributed by atoms with Gasteiger partial charge in [-0.25, -0.2) is 4.98 Å². The number of aryl methyl sites for hydroxylation is 1. The SMILES string of the molecule is Cc1cccc(/C=C/c2nc3ccccc3c(=O)n2-c2ccccc2Cl)n1. The van der Waals surface area contributed by atoms with Crippen molar-refractivity contribution in [1.82, 2.24) is 14.5 Å². The Labute approximate surface area is 161 Å². The van der Waals surface area contributed by atoms with Gasteiger partial charge in [-0.1, -0.05) is 41.9 Å². The second-order valence-electron chi connectivity index (χ2n) is 6.12. The van der Waals surface area contributed by atoms with E-state index < -0.39 is 0 Å². The number of hydrogen-bond acceptors (Lipinski definition) is 3. The Bertz CT molecular complexity index is 1230. The van der Waals surface area contributed by atoms with E-state index in [0.717, 1.165) is 11.4 Å². The summed E-state index contributed by atoms with van der Waals surface area (Å²) >= 11 is 6.37. The molecule has 0 amide bonds. The normalized spacial score (nSPS) is 11.3. The van der Waals surface area contributed by atoms with Crippen LogP contribution in [-0.4, -0.2) is 14.5 Å². The van der Waals surface area contributed by atoms with Gasteiger partial charge in [-0.05, 0) is 55.5 Å². The predicted molar refractivity (Wildman–Crippen MR) is 110 cm³/mol. The molecule has 0 aliphatic rings. The fraction of sp³-hybridized carbons (Fsp3) is 0.0455. The highest BCUT2D eigenvalue weighted by Crippen LogP contribution is 2.21. The Hall–Kier alpha value is -3.24. The molecule has 27 heavy (non-hydrogen) atoms. The maximum atomic E-state index is 13.2. The number of pyridine rings is 1. The molecule has 4 nitrogen and oxygen atoms in total. The summed E-state index contributed by atoms with van der Waals surface area (Å²) in [4.78, 5) is 22.3. The van der Waals surface area contributed by atoms with Gasteiger partial charge in [-0.15, -0.1) is 0 Å². The monoisotopic (exact) mass is 373 g/mol. The quantitative estimate of drug-likeness (QED) is 0.512. The maximum absolute atomic E-state index is 13.2. The van der Waals surface area contributed by atoms with Crippen LogP contribution in [0.15, 0.2) is 71.5 Å². The first kappa shape index (κ1) is 17.2. The maximum Gasteiger partial charge on any atom is 0.266 e. The van der Waals surface area contributed by atoms with Crippen LogP contribution in [0.4, 0.5) is 0 Å². The molecule has 0 N–H and O–H groups in total. The van der Waals surface area contributed by atoms with Gasteiger partial charge in [0, 0.05) is 5.69 Å². The molecule has 0 fully saturated rings. The number of para-hydroxylation sites is 2. The van der Waals surface area contributed by atoms with E-state index in [2.05, 4.69) is 9.97 Å². The van der Waals surface area contributed by atoms with Crippen molar-refractivity contribution in [1.29, 1.82) is 0 Å². The molecule has 2 heterocycles. The number of benzene rings is 2. The smallest absolute Gasteiger partial charge is 0.266 e. The Balaban J connectivity index is 1.97. The van der Waals surface area contributed by atoms with Gasteiger partial charge in [0.1, 0.15) is 5.82 Å². The molecule has 0 aliphatic carbocycles. The fourth-order valence-electron chi connectivity index (χ4n) is 2.94. The molecule has 0 aliphatic heterocycles. The Kier molecular flexibility index (Phi) is 4.57. The first-order chi connectivity index (χ1) is 13.1. The number of aromatic nitrogens is 3. The Morgan fingerprint density at radius 1 is 0.889 bits per heavy atom. The molecule has 2 aromatic heterocycles. The summed E-state index contributed by atoms with van der Waals surface area (Å²) in [7, 11) is 0. The second-order valence-corrected chi connectivity index (χ2v) is 6.52. The summed E-state index contributed by atoms with van der Waals surface area (Å²) in [5, 5.41) is 1.03. The fourth-order valence-corrected chi connectivity index (χ4v) is 3.16. The molecular formula is C22H16ClN3O. The zero-order valence-corrected chi connectivity index (χ0v) is 15.4. The van der Waals surface area contributed by atoms with Crippen LogP contribution in [-0.2, 0) is 0 Å². The first-order valence-corrected chi connectivity index (χ1v) is 8.90. The van der Waals surface area contributed by atoms with E-state index in [1.807, 2.05) is 67.6 Å². The highest BCUT2D eigenvalue weighted by atomic mass is 35.5. The van der Waals surface area contributed by atoms with E-state index in [9.17, 15) is 4.79 Å². The molecule has 0 atom stereocenters. The average molecular weight is 374 g/mol. The van der Waals surface area contributed by atoms with Gasteiger partial charge < -0.3 is 0 Å². The highest BCUT2D eigenvalue weighted by molar-refractivity contribution is 6.32. The number of fused-ring (bicyclic) bond motifs is 1. The van der Waals surface area contributed by atoms with Crippen molar-refractivity contribution in [3.8, 4) is 5.69 Å². The van der Waals surface area contributed by atoms with Crippen LogP contribution < -0.4 is 5.56 Å². The van der Waals surface area contributed by atoms with Gasteiger partial charge in [-0.3, -0.25) is 14.3 Å². The molecule has 0 saturated heterocycles. The second kappa shape index (κ2) is 7.17. The van der Waals surface area contributed by atoms with Crippen molar-refractivity contribution in [2.45, 2.75) is 6.92 Å². The molecule has 0 radical (unpaired) electrons. The summed E-state index contributed by atoms with van der Waals surface area (Å²) < 4.78 is 1.54. The molecule has 0 spiro atoms. The highest BCUT2D eigenvalue weighted by Gasteiger charge is 2.13. The number of halogens is 1. The molecule has 4 rings (SSSR count). The van der Waals surface area contributed by atoms with Crippen molar-refractivity contribution in [2.75, 3.05) is 0 Å². The third-order valence-electron chi connectivity index (χ3n) is 4.21. The number of rotatable bonds is 3. The molecule has 0 unspecified atom stereocenters. The zero-order valence-electron chi connectivity index (χ0n) is 14.6. The third-order valence-corrected chi connectivity index (χ3v) is 4.53. The van der Waals surface area contributed by atoms with Crippen molar-refractivity contribution in [2.24, 2.45) is 0 Å². The summed E-state index contributed by atoms with van der Waals surface area (Å²) in [5.74, 6) is 0.495. The molecule has 5 heteroatoms. The molecule has 0 saturated carbocycles. The number of nitrogens with zero attached hydrogens (tertiary/aromatic N) is 3. The van der Waals surface area contributed by atoms with Crippen molar-refractivity contribution in [3.05, 3.63) is 99.3 Å². The molecule has 0 bridgehead atoms. The lowest BCUT2D eigenvalue weighted by atomic mass is 10.2. The van der Waals surface area contributed by atoms with Crippen LogP contribution in [0.1, 0.15) is 17.2 Å². The van der Waals surface area contributed by atoms with Crippen LogP contribution in [0.2, 0.25) is 5.02 Å². The van der Waals surface area contributed by atoms with E-state index in [0.29, 0.717) is 27.4 Å². The van der Waals surface area contributed by atoms with Crippen LogP contribution in [0.3, 0.4) is 0 Å². The lowest BCUT2D eigenvalue weighted by Crippen LogP contribution is -2.22. The zero-order chi connectivity index (χ0) is 18.8. The van der Waals surface area contributed by atoms with Gasteiger partial charge in [0.25, 0.3) is 5.56 Å². The predicted octanol–water partition coefficient (Wildman–Crippen LogP) is 4.91. The topological polar surface area (TPSA) is 47.8 Å². The van der Waals surface area contributed by atoms with Gasteiger partial charge in [0.2, 0.25) is 0 Å². The van der Waals surface area contributed by atoms with Crippen LogP contribution >= 0.6 is 11.6 Å². The van der Waals surface area contributed by atoms with E-state index in [4.69, 9.17) is 11.6 Å². The Morgan fingerprint density at radius 3 is 2.48 bits per heavy atom. The molecule has 4 aromatic rings. The minimum Gasteiger partial charge on any atom is -0.268 e. The minimum absolute atomic E-state index is 0.162. The van der Waals surface area contributed by atoms with E-state index in [-0.39, 0.29) is 5.56 Å². The average Bonchev–Trinajstić information content (AvgIpc) is 2.68. The number of hydrogen-bond donors (Lipinski definition) is 0. The van der Waals surface area contributed by atoms with Crippen LogP contribution in [0.5, 0.6) is 0 Å². The minimum atomic E-state index is -0.162. The van der Waals surface area contributed by atoms with Gasteiger partial charge in [-0.2, -0.15) is 0 Å². The molecule has 2 aromatic carbocycles. The first-order valence-electron chi connectivity index (χ1n) is 8.52. The van der Waals surface area contributed by atoms with Crippen molar-refractivity contribution >= 4 is 34.7 Å². The molecule has 132 valence electrons.